The van der Waals surface area contributed by atoms with Crippen LogP contribution in [0, 0.1) is 0 Å². The summed E-state index contributed by atoms with van der Waals surface area (Å²) >= 11 is 0. The fourth-order valence-corrected chi connectivity index (χ4v) is 3.28. The Morgan fingerprint density at radius 1 is 1.47 bits per heavy atom. The van der Waals surface area contributed by atoms with Crippen molar-refractivity contribution in [1.82, 2.24) is 9.88 Å². The third kappa shape index (κ3) is 1.81. The van der Waals surface area contributed by atoms with Gasteiger partial charge < -0.3 is 15.7 Å². The Morgan fingerprint density at radius 2 is 2.35 bits per heavy atom. The molecule has 2 aliphatic heterocycles. The van der Waals surface area contributed by atoms with Crippen molar-refractivity contribution in [1.29, 1.82) is 0 Å². The number of piperidine rings is 1. The van der Waals surface area contributed by atoms with Gasteiger partial charge in [0, 0.05) is 36.2 Å². The average molecular weight is 233 g/mol. The van der Waals surface area contributed by atoms with Crippen molar-refractivity contribution < 1.29 is 5.11 Å². The normalized spacial score (nSPS) is 33.6. The molecule has 2 fully saturated rings. The van der Waals surface area contributed by atoms with E-state index >= 15 is 0 Å². The molecule has 3 rings (SSSR count). The number of aromatic nitrogens is 1. The van der Waals surface area contributed by atoms with Gasteiger partial charge in [0.1, 0.15) is 0 Å². The van der Waals surface area contributed by atoms with Crippen molar-refractivity contribution in [2.75, 3.05) is 18.8 Å². The SMILES string of the molecule is Nc1ccncc1C1(O)CCN2CCCC2C1. The monoisotopic (exact) mass is 233 g/mol. The number of hydrogen-bond donors (Lipinski definition) is 2. The molecule has 2 unspecified atom stereocenters. The average Bonchev–Trinajstić information content (AvgIpc) is 2.76. The van der Waals surface area contributed by atoms with Crippen molar-refractivity contribution in [3.05, 3.63) is 24.0 Å². The van der Waals surface area contributed by atoms with Gasteiger partial charge in [0.2, 0.25) is 0 Å². The van der Waals surface area contributed by atoms with Gasteiger partial charge in [-0.2, -0.15) is 0 Å². The second-order valence-corrected chi connectivity index (χ2v) is 5.28. The third-order valence-corrected chi connectivity index (χ3v) is 4.24. The maximum Gasteiger partial charge on any atom is 0.0958 e. The molecule has 4 heteroatoms. The summed E-state index contributed by atoms with van der Waals surface area (Å²) in [7, 11) is 0. The molecule has 92 valence electrons. The summed E-state index contributed by atoms with van der Waals surface area (Å²) in [5.74, 6) is 0. The Hall–Kier alpha value is -1.13. The summed E-state index contributed by atoms with van der Waals surface area (Å²) < 4.78 is 0. The van der Waals surface area contributed by atoms with Crippen molar-refractivity contribution in [3.8, 4) is 0 Å². The highest BCUT2D eigenvalue weighted by Crippen LogP contribution is 2.40. The van der Waals surface area contributed by atoms with Crippen LogP contribution in [0.3, 0.4) is 0 Å². The molecule has 17 heavy (non-hydrogen) atoms. The van der Waals surface area contributed by atoms with Crippen LogP contribution in [0.4, 0.5) is 5.69 Å². The molecule has 2 aliphatic rings. The highest BCUT2D eigenvalue weighted by atomic mass is 16.3. The quantitative estimate of drug-likeness (QED) is 0.762. The molecular weight excluding hydrogens is 214 g/mol. The van der Waals surface area contributed by atoms with Crippen LogP contribution in [0.5, 0.6) is 0 Å². The molecular formula is C13H19N3O. The first kappa shape index (κ1) is 11.0. The van der Waals surface area contributed by atoms with E-state index in [0.717, 1.165) is 24.9 Å². The van der Waals surface area contributed by atoms with E-state index < -0.39 is 5.60 Å². The van der Waals surface area contributed by atoms with E-state index in [4.69, 9.17) is 5.73 Å². The van der Waals surface area contributed by atoms with Crippen LogP contribution in [0.25, 0.3) is 0 Å². The van der Waals surface area contributed by atoms with Crippen molar-refractivity contribution in [2.45, 2.75) is 37.3 Å². The van der Waals surface area contributed by atoms with Crippen LogP contribution < -0.4 is 5.73 Å². The standard InChI is InChI=1S/C13H19N3O/c14-12-3-5-15-9-11(12)13(17)4-7-16-6-1-2-10(16)8-13/h3,5,9-10,17H,1-2,4,6-8H2,(H2,14,15). The summed E-state index contributed by atoms with van der Waals surface area (Å²) in [5.41, 5.74) is 6.66. The number of hydrogen-bond acceptors (Lipinski definition) is 4. The lowest BCUT2D eigenvalue weighted by molar-refractivity contribution is -0.0405. The number of rotatable bonds is 1. The number of anilines is 1. The zero-order valence-electron chi connectivity index (χ0n) is 9.97. The first-order chi connectivity index (χ1) is 8.19. The van der Waals surface area contributed by atoms with E-state index in [1.54, 1.807) is 18.5 Å². The lowest BCUT2D eigenvalue weighted by Crippen LogP contribution is -2.46. The molecule has 0 radical (unpaired) electrons. The number of nitrogens with zero attached hydrogens (tertiary/aromatic N) is 2. The zero-order valence-corrected chi connectivity index (χ0v) is 9.97. The van der Waals surface area contributed by atoms with Gasteiger partial charge in [0.05, 0.1) is 5.60 Å². The molecule has 2 saturated heterocycles. The Bertz CT molecular complexity index is 423. The van der Waals surface area contributed by atoms with Crippen LogP contribution in [-0.2, 0) is 5.60 Å². The maximum atomic E-state index is 10.8. The number of fused-ring (bicyclic) bond motifs is 1. The van der Waals surface area contributed by atoms with Crippen molar-refractivity contribution in [2.24, 2.45) is 0 Å². The van der Waals surface area contributed by atoms with Gasteiger partial charge in [-0.15, -0.1) is 0 Å². The van der Waals surface area contributed by atoms with Crippen LogP contribution in [0.2, 0.25) is 0 Å². The van der Waals surface area contributed by atoms with Gasteiger partial charge >= 0.3 is 0 Å². The largest absolute Gasteiger partial charge is 0.398 e. The van der Waals surface area contributed by atoms with E-state index in [1.807, 2.05) is 0 Å². The van der Waals surface area contributed by atoms with Gasteiger partial charge in [0.15, 0.2) is 0 Å². The molecule has 0 spiro atoms. The number of pyridine rings is 1. The minimum atomic E-state index is -0.774. The van der Waals surface area contributed by atoms with Crippen molar-refractivity contribution >= 4 is 5.69 Å². The minimum absolute atomic E-state index is 0.522. The molecule has 3 N–H and O–H groups in total. The molecule has 2 atom stereocenters. The first-order valence-corrected chi connectivity index (χ1v) is 6.35. The van der Waals surface area contributed by atoms with Gasteiger partial charge in [-0.05, 0) is 38.3 Å². The van der Waals surface area contributed by atoms with Crippen LogP contribution in [0.1, 0.15) is 31.2 Å². The Morgan fingerprint density at radius 3 is 3.18 bits per heavy atom. The molecule has 0 amide bonds. The molecule has 4 nitrogen and oxygen atoms in total. The number of nitrogen functional groups attached to an aromatic ring is 1. The molecule has 0 saturated carbocycles. The van der Waals surface area contributed by atoms with Gasteiger partial charge in [-0.1, -0.05) is 0 Å². The Kier molecular flexibility index (Phi) is 2.56. The molecule has 3 heterocycles. The number of nitrogens with two attached hydrogens (primary N) is 1. The van der Waals surface area contributed by atoms with Gasteiger partial charge in [-0.25, -0.2) is 0 Å². The lowest BCUT2D eigenvalue weighted by atomic mass is 9.81. The Labute approximate surface area is 101 Å². The fraction of sp³-hybridized carbons (Fsp3) is 0.615. The van der Waals surface area contributed by atoms with Crippen LogP contribution >= 0.6 is 0 Å². The summed E-state index contributed by atoms with van der Waals surface area (Å²) in [6.07, 6.45) is 7.40. The van der Waals surface area contributed by atoms with E-state index in [9.17, 15) is 5.11 Å². The molecule has 1 aromatic rings. The number of aliphatic hydroxyl groups is 1. The lowest BCUT2D eigenvalue weighted by Gasteiger charge is -2.41. The summed E-state index contributed by atoms with van der Waals surface area (Å²) in [6, 6.07) is 2.29. The fourth-order valence-electron chi connectivity index (χ4n) is 3.28. The molecule has 0 bridgehead atoms. The smallest absolute Gasteiger partial charge is 0.0958 e. The summed E-state index contributed by atoms with van der Waals surface area (Å²) in [5, 5.41) is 10.8. The van der Waals surface area contributed by atoms with Crippen LogP contribution in [-0.4, -0.2) is 34.1 Å². The summed E-state index contributed by atoms with van der Waals surface area (Å²) in [6.45, 7) is 2.15. The zero-order chi connectivity index (χ0) is 11.9. The minimum Gasteiger partial charge on any atom is -0.398 e. The van der Waals surface area contributed by atoms with Gasteiger partial charge in [0.25, 0.3) is 0 Å². The summed E-state index contributed by atoms with van der Waals surface area (Å²) in [4.78, 5) is 6.58. The van der Waals surface area contributed by atoms with Gasteiger partial charge in [-0.3, -0.25) is 4.98 Å². The maximum absolute atomic E-state index is 10.8. The van der Waals surface area contributed by atoms with Crippen LogP contribution in [0.15, 0.2) is 18.5 Å². The highest BCUT2D eigenvalue weighted by Gasteiger charge is 2.42. The predicted molar refractivity (Wildman–Crippen MR) is 66.4 cm³/mol. The molecule has 0 aliphatic carbocycles. The van der Waals surface area contributed by atoms with E-state index in [0.29, 0.717) is 11.7 Å². The highest BCUT2D eigenvalue weighted by molar-refractivity contribution is 5.48. The molecule has 1 aromatic heterocycles. The topological polar surface area (TPSA) is 62.4 Å². The van der Waals surface area contributed by atoms with E-state index in [2.05, 4.69) is 9.88 Å². The third-order valence-electron chi connectivity index (χ3n) is 4.24. The first-order valence-electron chi connectivity index (χ1n) is 6.35. The molecule has 0 aromatic carbocycles. The Balaban J connectivity index is 1.89. The second-order valence-electron chi connectivity index (χ2n) is 5.28. The predicted octanol–water partition coefficient (Wildman–Crippen LogP) is 1.11. The second kappa shape index (κ2) is 3.96. The van der Waals surface area contributed by atoms with Crippen molar-refractivity contribution in [3.63, 3.8) is 0 Å². The van der Waals surface area contributed by atoms with E-state index in [1.165, 1.54) is 19.4 Å². The van der Waals surface area contributed by atoms with E-state index in [-0.39, 0.29) is 0 Å².